The average molecular weight is 440 g/mol. The van der Waals surface area contributed by atoms with Crippen LogP contribution in [0, 0.1) is 5.92 Å². The van der Waals surface area contributed by atoms with Gasteiger partial charge in [0.1, 0.15) is 12.4 Å². The Morgan fingerprint density at radius 2 is 1.97 bits per heavy atom. The summed E-state index contributed by atoms with van der Waals surface area (Å²) in [6.45, 7) is 5.78. The van der Waals surface area contributed by atoms with E-state index in [1.807, 2.05) is 37.3 Å². The van der Waals surface area contributed by atoms with Crippen LogP contribution in [-0.4, -0.2) is 62.7 Å². The summed E-state index contributed by atoms with van der Waals surface area (Å²) in [5.74, 6) is 0.423. The molecule has 1 aliphatic heterocycles. The molecule has 3 atom stereocenters. The van der Waals surface area contributed by atoms with Gasteiger partial charge in [0, 0.05) is 45.0 Å². The molecule has 2 aromatic carbocycles. The first-order chi connectivity index (χ1) is 15.4. The number of amides is 2. The highest BCUT2D eigenvalue weighted by molar-refractivity contribution is 5.98. The fraction of sp³-hybridized carbons (Fsp3) is 0.440. The van der Waals surface area contributed by atoms with Crippen LogP contribution >= 0.6 is 0 Å². The number of anilines is 1. The van der Waals surface area contributed by atoms with Crippen LogP contribution in [0.1, 0.15) is 29.8 Å². The van der Waals surface area contributed by atoms with Crippen molar-refractivity contribution in [1.29, 1.82) is 0 Å². The summed E-state index contributed by atoms with van der Waals surface area (Å²) < 4.78 is 11.7. The Kier molecular flexibility index (Phi) is 8.25. The van der Waals surface area contributed by atoms with Crippen LogP contribution in [0.3, 0.4) is 0 Å². The van der Waals surface area contributed by atoms with Crippen LogP contribution in [0.25, 0.3) is 0 Å². The fourth-order valence-electron chi connectivity index (χ4n) is 3.72. The van der Waals surface area contributed by atoms with Gasteiger partial charge < -0.3 is 25.0 Å². The number of nitrogens with zero attached hydrogens (tertiary/aromatic N) is 1. The van der Waals surface area contributed by atoms with Gasteiger partial charge in [-0.2, -0.15) is 0 Å². The second kappa shape index (κ2) is 11.1. The molecule has 7 heteroatoms. The van der Waals surface area contributed by atoms with Gasteiger partial charge in [-0.25, -0.2) is 0 Å². The van der Waals surface area contributed by atoms with Crippen molar-refractivity contribution in [2.75, 3.05) is 39.2 Å². The molecule has 7 nitrogen and oxygen atoms in total. The lowest BCUT2D eigenvalue weighted by molar-refractivity contribution is -0.115. The van der Waals surface area contributed by atoms with Gasteiger partial charge in [-0.1, -0.05) is 37.3 Å². The van der Waals surface area contributed by atoms with Crippen molar-refractivity contribution >= 4 is 17.5 Å². The molecule has 2 amide bonds. The molecule has 0 aliphatic carbocycles. The van der Waals surface area contributed by atoms with E-state index < -0.39 is 0 Å². The molecule has 0 radical (unpaired) electrons. The minimum Gasteiger partial charge on any atom is -0.491 e. The Morgan fingerprint density at radius 1 is 1.22 bits per heavy atom. The maximum Gasteiger partial charge on any atom is 0.257 e. The highest BCUT2D eigenvalue weighted by Gasteiger charge is 2.25. The van der Waals surface area contributed by atoms with Crippen LogP contribution in [-0.2, 0) is 16.0 Å². The normalized spacial score (nSPS) is 22.2. The first kappa shape index (κ1) is 23.8. The van der Waals surface area contributed by atoms with E-state index in [-0.39, 0.29) is 36.3 Å². The molecule has 172 valence electrons. The Hall–Kier alpha value is -2.90. The number of rotatable bonds is 4. The molecule has 32 heavy (non-hydrogen) atoms. The van der Waals surface area contributed by atoms with Crippen LogP contribution in [0.2, 0.25) is 0 Å². The van der Waals surface area contributed by atoms with Crippen LogP contribution < -0.4 is 15.4 Å². The highest BCUT2D eigenvalue weighted by atomic mass is 16.5. The fourth-order valence-corrected chi connectivity index (χ4v) is 3.72. The Balaban J connectivity index is 1.81. The second-order valence-corrected chi connectivity index (χ2v) is 8.48. The van der Waals surface area contributed by atoms with E-state index >= 15 is 0 Å². The zero-order valence-corrected chi connectivity index (χ0v) is 19.3. The second-order valence-electron chi connectivity index (χ2n) is 8.48. The molecule has 2 N–H and O–H groups in total. The zero-order valence-electron chi connectivity index (χ0n) is 19.3. The number of ether oxygens (including phenoxy) is 2. The van der Waals surface area contributed by atoms with Crippen molar-refractivity contribution in [3.63, 3.8) is 0 Å². The average Bonchev–Trinajstić information content (AvgIpc) is 2.79. The minimum atomic E-state index is -0.141. The molecule has 0 unspecified atom stereocenters. The standard InChI is InChI=1S/C25H33N3O4/c1-17-14-26-18(2)16-32-22-13-20(27-24(29)12-19-8-6-5-7-9-19)10-11-21(22)25(30)28(3)15-23(17)31-4/h5-11,13,17-18,23,26H,12,14-16H2,1-4H3,(H,27,29)/t17-,18-,23+/m0/s1. The third-order valence-electron chi connectivity index (χ3n) is 5.72. The molecule has 0 saturated heterocycles. The van der Waals surface area contributed by atoms with Crippen LogP contribution in [0.4, 0.5) is 5.69 Å². The predicted octanol–water partition coefficient (Wildman–Crippen LogP) is 2.96. The number of likely N-dealkylation sites (N-methyl/N-ethyl adjacent to an activating group) is 1. The van der Waals surface area contributed by atoms with Crippen molar-refractivity contribution in [3.05, 3.63) is 59.7 Å². The van der Waals surface area contributed by atoms with E-state index in [4.69, 9.17) is 9.47 Å². The molecular formula is C25H33N3O4. The van der Waals surface area contributed by atoms with Gasteiger partial charge in [0.15, 0.2) is 0 Å². The van der Waals surface area contributed by atoms with Crippen molar-refractivity contribution in [2.24, 2.45) is 5.92 Å². The summed E-state index contributed by atoms with van der Waals surface area (Å²) in [5, 5.41) is 6.37. The van der Waals surface area contributed by atoms with Crippen LogP contribution in [0.15, 0.2) is 48.5 Å². The van der Waals surface area contributed by atoms with Gasteiger partial charge in [-0.3, -0.25) is 9.59 Å². The van der Waals surface area contributed by atoms with Gasteiger partial charge in [0.2, 0.25) is 5.91 Å². The number of nitrogens with one attached hydrogen (secondary N) is 2. The lowest BCUT2D eigenvalue weighted by atomic mass is 10.0. The number of methoxy groups -OCH3 is 1. The lowest BCUT2D eigenvalue weighted by Crippen LogP contribution is -2.44. The molecule has 0 bridgehead atoms. The first-order valence-corrected chi connectivity index (χ1v) is 11.0. The van der Waals surface area contributed by atoms with Crippen LogP contribution in [0.5, 0.6) is 5.75 Å². The number of fused-ring (bicyclic) bond motifs is 1. The Bertz CT molecular complexity index is 919. The van der Waals surface area contributed by atoms with Crippen molar-refractivity contribution in [2.45, 2.75) is 32.4 Å². The molecule has 0 spiro atoms. The largest absolute Gasteiger partial charge is 0.491 e. The Morgan fingerprint density at radius 3 is 2.69 bits per heavy atom. The minimum absolute atomic E-state index is 0.0796. The predicted molar refractivity (Wildman–Crippen MR) is 125 cm³/mol. The summed E-state index contributed by atoms with van der Waals surface area (Å²) in [7, 11) is 3.44. The summed E-state index contributed by atoms with van der Waals surface area (Å²) in [4.78, 5) is 27.3. The van der Waals surface area contributed by atoms with Crippen molar-refractivity contribution in [1.82, 2.24) is 10.2 Å². The molecule has 1 aliphatic rings. The van der Waals surface area contributed by atoms with E-state index in [2.05, 4.69) is 17.6 Å². The van der Waals surface area contributed by atoms with Crippen molar-refractivity contribution < 1.29 is 19.1 Å². The number of carbonyl (C=O) groups excluding carboxylic acids is 2. The summed E-state index contributed by atoms with van der Waals surface area (Å²) in [5.41, 5.74) is 1.99. The summed E-state index contributed by atoms with van der Waals surface area (Å²) >= 11 is 0. The summed E-state index contributed by atoms with van der Waals surface area (Å²) in [6, 6.07) is 14.8. The number of benzene rings is 2. The van der Waals surface area contributed by atoms with E-state index in [0.29, 0.717) is 30.2 Å². The molecule has 0 saturated carbocycles. The van der Waals surface area contributed by atoms with Gasteiger partial charge in [-0.05, 0) is 30.5 Å². The van der Waals surface area contributed by atoms with Crippen molar-refractivity contribution in [3.8, 4) is 5.75 Å². The highest BCUT2D eigenvalue weighted by Crippen LogP contribution is 2.26. The van der Waals surface area contributed by atoms with E-state index in [9.17, 15) is 9.59 Å². The van der Waals surface area contributed by atoms with E-state index in [0.717, 1.165) is 12.1 Å². The SMILES string of the molecule is CO[C@@H]1CN(C)C(=O)c2ccc(NC(=O)Cc3ccccc3)cc2OC[C@H](C)NC[C@@H]1C. The molecule has 2 aromatic rings. The topological polar surface area (TPSA) is 79.9 Å². The molecule has 0 fully saturated rings. The third-order valence-corrected chi connectivity index (χ3v) is 5.72. The molecule has 1 heterocycles. The maximum atomic E-state index is 13.2. The number of hydrogen-bond acceptors (Lipinski definition) is 5. The zero-order chi connectivity index (χ0) is 23.1. The smallest absolute Gasteiger partial charge is 0.257 e. The summed E-state index contributed by atoms with van der Waals surface area (Å²) in [6.07, 6.45) is 0.196. The molecular weight excluding hydrogens is 406 g/mol. The van der Waals surface area contributed by atoms with Gasteiger partial charge in [-0.15, -0.1) is 0 Å². The monoisotopic (exact) mass is 439 g/mol. The lowest BCUT2D eigenvalue weighted by Gasteiger charge is -2.30. The molecule has 3 rings (SSSR count). The van der Waals surface area contributed by atoms with Gasteiger partial charge in [0.05, 0.1) is 18.1 Å². The number of hydrogen-bond donors (Lipinski definition) is 2. The first-order valence-electron chi connectivity index (χ1n) is 11.0. The van der Waals surface area contributed by atoms with Gasteiger partial charge in [0.25, 0.3) is 5.91 Å². The number of carbonyl (C=O) groups is 2. The third kappa shape index (κ3) is 6.31. The van der Waals surface area contributed by atoms with Gasteiger partial charge >= 0.3 is 0 Å². The quantitative estimate of drug-likeness (QED) is 0.766. The molecule has 0 aromatic heterocycles. The Labute approximate surface area is 190 Å². The maximum absolute atomic E-state index is 13.2. The van der Waals surface area contributed by atoms with E-state index in [1.54, 1.807) is 37.3 Å². The van der Waals surface area contributed by atoms with E-state index in [1.165, 1.54) is 0 Å².